The second-order valence-electron chi connectivity index (χ2n) is 10.8. The lowest BCUT2D eigenvalue weighted by atomic mass is 9.87. The number of halogens is 2. The van der Waals surface area contributed by atoms with Gasteiger partial charge in [0.05, 0.1) is 12.1 Å². The summed E-state index contributed by atoms with van der Waals surface area (Å²) in [4.78, 5) is 18.6. The average molecular weight is 555 g/mol. The fraction of sp³-hybridized carbons (Fsp3) is 0.265. The maximum Gasteiger partial charge on any atom is 0.240 e. The van der Waals surface area contributed by atoms with Gasteiger partial charge in [-0.25, -0.2) is 4.39 Å². The molecule has 0 bridgehead atoms. The van der Waals surface area contributed by atoms with E-state index < -0.39 is 17.6 Å². The van der Waals surface area contributed by atoms with E-state index in [1.807, 2.05) is 54.3 Å². The van der Waals surface area contributed by atoms with Gasteiger partial charge in [0.15, 0.2) is 11.6 Å². The number of nitrogens with zero attached hydrogens (tertiary/aromatic N) is 2. The van der Waals surface area contributed by atoms with Crippen molar-refractivity contribution < 1.29 is 14.3 Å². The Morgan fingerprint density at radius 2 is 1.55 bits per heavy atom. The summed E-state index contributed by atoms with van der Waals surface area (Å²) in [6.07, 6.45) is 2.25. The second kappa shape index (κ2) is 11.1. The molecule has 0 saturated heterocycles. The lowest BCUT2D eigenvalue weighted by Gasteiger charge is -2.43. The Labute approximate surface area is 239 Å². The van der Waals surface area contributed by atoms with Crippen molar-refractivity contribution in [2.45, 2.75) is 50.9 Å². The molecule has 4 nitrogen and oxygen atoms in total. The molecule has 40 heavy (non-hydrogen) atoms. The topological polar surface area (TPSA) is 43.8 Å². The third-order valence-corrected chi connectivity index (χ3v) is 8.87. The summed E-state index contributed by atoms with van der Waals surface area (Å²) in [5.74, 6) is -1.14. The maximum absolute atomic E-state index is 15.0. The van der Waals surface area contributed by atoms with Crippen LogP contribution in [0.5, 0.6) is 5.75 Å². The third-order valence-electron chi connectivity index (χ3n) is 8.53. The van der Waals surface area contributed by atoms with Gasteiger partial charge in [-0.05, 0) is 66.1 Å². The summed E-state index contributed by atoms with van der Waals surface area (Å²) in [6.45, 7) is 2.73. The van der Waals surface area contributed by atoms with Gasteiger partial charge in [-0.3, -0.25) is 9.69 Å². The molecular formula is C34H32ClFN2O2. The van der Waals surface area contributed by atoms with Gasteiger partial charge in [-0.1, -0.05) is 90.5 Å². The van der Waals surface area contributed by atoms with Crippen LogP contribution in [-0.2, 0) is 30.6 Å². The molecule has 1 heterocycles. The molecule has 0 fully saturated rings. The molecule has 0 radical (unpaired) electrons. The molecule has 1 N–H and O–H groups in total. The Morgan fingerprint density at radius 3 is 2.25 bits per heavy atom. The van der Waals surface area contributed by atoms with Gasteiger partial charge in [0.1, 0.15) is 0 Å². The fourth-order valence-electron chi connectivity index (χ4n) is 6.44. The first-order valence-electron chi connectivity index (χ1n) is 13.8. The summed E-state index contributed by atoms with van der Waals surface area (Å²) < 4.78 is 15.0. The van der Waals surface area contributed by atoms with Crippen molar-refractivity contribution in [3.63, 3.8) is 0 Å². The Kier molecular flexibility index (Phi) is 7.35. The van der Waals surface area contributed by atoms with Gasteiger partial charge in [0.2, 0.25) is 5.91 Å². The highest BCUT2D eigenvalue weighted by Crippen LogP contribution is 2.40. The van der Waals surface area contributed by atoms with E-state index in [1.54, 1.807) is 12.1 Å². The number of aromatic hydroxyl groups is 1. The van der Waals surface area contributed by atoms with Crippen molar-refractivity contribution in [2.24, 2.45) is 0 Å². The zero-order valence-corrected chi connectivity index (χ0v) is 23.2. The number of phenols is 1. The molecule has 1 amide bonds. The van der Waals surface area contributed by atoms with Crippen LogP contribution in [0.25, 0.3) is 0 Å². The van der Waals surface area contributed by atoms with E-state index in [2.05, 4.69) is 35.2 Å². The first kappa shape index (κ1) is 26.5. The number of hydrogen-bond acceptors (Lipinski definition) is 3. The number of hydrogen-bond donors (Lipinski definition) is 1. The second-order valence-corrected chi connectivity index (χ2v) is 11.2. The third kappa shape index (κ3) is 4.89. The summed E-state index contributed by atoms with van der Waals surface area (Å²) in [5.41, 5.74) is 6.12. The van der Waals surface area contributed by atoms with Crippen molar-refractivity contribution in [3.8, 4) is 5.75 Å². The molecule has 1 aliphatic carbocycles. The zero-order valence-electron chi connectivity index (χ0n) is 22.4. The van der Waals surface area contributed by atoms with Crippen LogP contribution in [0.15, 0.2) is 91.0 Å². The minimum absolute atomic E-state index is 0.0583. The highest BCUT2D eigenvalue weighted by Gasteiger charge is 2.39. The summed E-state index contributed by atoms with van der Waals surface area (Å²) in [5, 5.41) is 10.7. The monoisotopic (exact) mass is 554 g/mol. The summed E-state index contributed by atoms with van der Waals surface area (Å²) in [6, 6.07) is 28.3. The van der Waals surface area contributed by atoms with E-state index in [-0.39, 0.29) is 24.5 Å². The van der Waals surface area contributed by atoms with E-state index in [1.165, 1.54) is 22.8 Å². The van der Waals surface area contributed by atoms with Gasteiger partial charge < -0.3 is 10.0 Å². The Morgan fingerprint density at radius 1 is 0.925 bits per heavy atom. The van der Waals surface area contributed by atoms with E-state index in [0.717, 1.165) is 17.5 Å². The molecule has 0 aromatic heterocycles. The maximum atomic E-state index is 15.0. The molecule has 0 saturated carbocycles. The van der Waals surface area contributed by atoms with Crippen LogP contribution in [0.3, 0.4) is 0 Å². The molecular weight excluding hydrogens is 523 g/mol. The number of carbonyl (C=O) groups excluding carboxylic acids is 1. The standard InChI is InChI=1S/C34H32ClFN2O2/c1-22(37-18-17-23-9-4-5-13-28(23)33(37)29-14-6-7-15-30(29)35)34(40)38(21-26-12-8-16-31(39)32(26)36)27-19-24-10-2-3-11-25(24)20-27/h2-16,22,27,33,39H,17-21H2,1H3. The molecule has 4 aromatic rings. The van der Waals surface area contributed by atoms with Gasteiger partial charge in [-0.2, -0.15) is 0 Å². The Bertz CT molecular complexity index is 1530. The molecule has 4 aromatic carbocycles. The number of amides is 1. The molecule has 1 aliphatic heterocycles. The molecule has 204 valence electrons. The Hall–Kier alpha value is -3.67. The number of carbonyl (C=O) groups is 1. The van der Waals surface area contributed by atoms with Gasteiger partial charge in [0, 0.05) is 29.7 Å². The van der Waals surface area contributed by atoms with E-state index >= 15 is 4.39 Å². The normalized spacial score (nSPS) is 17.7. The first-order valence-corrected chi connectivity index (χ1v) is 14.2. The van der Waals surface area contributed by atoms with Crippen LogP contribution in [0.1, 0.15) is 46.3 Å². The van der Waals surface area contributed by atoms with Gasteiger partial charge in [0.25, 0.3) is 0 Å². The van der Waals surface area contributed by atoms with Crippen molar-refractivity contribution in [1.82, 2.24) is 9.80 Å². The summed E-state index contributed by atoms with van der Waals surface area (Å²) in [7, 11) is 0. The quantitative estimate of drug-likeness (QED) is 0.288. The van der Waals surface area contributed by atoms with Gasteiger partial charge in [-0.15, -0.1) is 0 Å². The molecule has 0 spiro atoms. The minimum atomic E-state index is -0.677. The highest BCUT2D eigenvalue weighted by atomic mass is 35.5. The van der Waals surface area contributed by atoms with Crippen LogP contribution in [0, 0.1) is 5.82 Å². The molecule has 2 unspecified atom stereocenters. The Balaban J connectivity index is 1.37. The van der Waals surface area contributed by atoms with E-state index in [0.29, 0.717) is 30.0 Å². The van der Waals surface area contributed by atoms with Crippen molar-refractivity contribution >= 4 is 17.5 Å². The minimum Gasteiger partial charge on any atom is -0.505 e. The average Bonchev–Trinajstić information content (AvgIpc) is 3.41. The van der Waals surface area contributed by atoms with Crippen molar-refractivity contribution in [1.29, 1.82) is 0 Å². The van der Waals surface area contributed by atoms with E-state index in [9.17, 15) is 9.90 Å². The fourth-order valence-corrected chi connectivity index (χ4v) is 6.68. The first-order chi connectivity index (χ1) is 19.4. The van der Waals surface area contributed by atoms with Crippen LogP contribution in [0.2, 0.25) is 5.02 Å². The smallest absolute Gasteiger partial charge is 0.240 e. The molecule has 6 heteroatoms. The molecule has 6 rings (SSSR count). The molecule has 2 atom stereocenters. The molecule has 2 aliphatic rings. The van der Waals surface area contributed by atoms with Crippen LogP contribution >= 0.6 is 11.6 Å². The van der Waals surface area contributed by atoms with Crippen molar-refractivity contribution in [2.75, 3.05) is 6.54 Å². The zero-order chi connectivity index (χ0) is 27.8. The summed E-state index contributed by atoms with van der Waals surface area (Å²) >= 11 is 6.74. The van der Waals surface area contributed by atoms with E-state index in [4.69, 9.17) is 11.6 Å². The SMILES string of the molecule is CC(C(=O)N(Cc1cccc(O)c1F)C1Cc2ccccc2C1)N1CCc2ccccc2C1c1ccccc1Cl. The number of rotatable bonds is 6. The number of phenolic OH excluding ortho intramolecular Hbond substituents is 1. The number of benzene rings is 4. The van der Waals surface area contributed by atoms with Crippen LogP contribution in [0.4, 0.5) is 4.39 Å². The number of fused-ring (bicyclic) bond motifs is 2. The highest BCUT2D eigenvalue weighted by molar-refractivity contribution is 6.31. The predicted molar refractivity (Wildman–Crippen MR) is 156 cm³/mol. The van der Waals surface area contributed by atoms with Gasteiger partial charge >= 0.3 is 0 Å². The largest absolute Gasteiger partial charge is 0.505 e. The van der Waals surface area contributed by atoms with Crippen LogP contribution < -0.4 is 0 Å². The predicted octanol–water partition coefficient (Wildman–Crippen LogP) is 6.72. The lowest BCUT2D eigenvalue weighted by molar-refractivity contribution is -0.140. The lowest BCUT2D eigenvalue weighted by Crippen LogP contribution is -2.53. The van der Waals surface area contributed by atoms with Crippen LogP contribution in [-0.4, -0.2) is 39.4 Å². The van der Waals surface area contributed by atoms with Crippen molar-refractivity contribution in [3.05, 3.63) is 135 Å².